The summed E-state index contributed by atoms with van der Waals surface area (Å²) < 4.78 is 0. The van der Waals surface area contributed by atoms with Crippen molar-refractivity contribution in [1.29, 1.82) is 0 Å². The van der Waals surface area contributed by atoms with Gasteiger partial charge in [0.25, 0.3) is 0 Å². The fourth-order valence-corrected chi connectivity index (χ4v) is 2.38. The average molecular weight is 235 g/mol. The summed E-state index contributed by atoms with van der Waals surface area (Å²) in [5, 5.41) is 9.16. The number of nitrogens with zero attached hydrogens (tertiary/aromatic N) is 2. The predicted octanol–water partition coefficient (Wildman–Crippen LogP) is 1.74. The highest BCUT2D eigenvalue weighted by Crippen LogP contribution is 2.28. The number of anilines is 2. The number of hydrogen-bond donors (Lipinski definition) is 2. The Labute approximate surface area is 100 Å². The van der Waals surface area contributed by atoms with Crippen LogP contribution in [0.5, 0.6) is 0 Å². The largest absolute Gasteiger partial charge is 0.478 e. The molecule has 0 spiro atoms. The van der Waals surface area contributed by atoms with Crippen molar-refractivity contribution < 1.29 is 9.90 Å². The number of hydrogen-bond acceptors (Lipinski definition) is 4. The summed E-state index contributed by atoms with van der Waals surface area (Å²) in [6.07, 6.45) is 6.11. The molecule has 0 aromatic carbocycles. The quantitative estimate of drug-likeness (QED) is 0.834. The van der Waals surface area contributed by atoms with Crippen molar-refractivity contribution in [2.45, 2.75) is 31.7 Å². The molecule has 1 aliphatic rings. The Bertz CT molecular complexity index is 428. The smallest absolute Gasteiger partial charge is 0.339 e. The van der Waals surface area contributed by atoms with Crippen LogP contribution < -0.4 is 10.6 Å². The number of aromatic carboxylic acids is 1. The van der Waals surface area contributed by atoms with Gasteiger partial charge in [-0.1, -0.05) is 12.8 Å². The zero-order chi connectivity index (χ0) is 12.4. The maximum Gasteiger partial charge on any atom is 0.339 e. The zero-order valence-electron chi connectivity index (χ0n) is 9.89. The third kappa shape index (κ3) is 2.33. The Kier molecular flexibility index (Phi) is 3.17. The van der Waals surface area contributed by atoms with Gasteiger partial charge in [0.15, 0.2) is 0 Å². The second-order valence-corrected chi connectivity index (χ2v) is 4.49. The van der Waals surface area contributed by atoms with Gasteiger partial charge in [0.05, 0.1) is 11.9 Å². The molecule has 1 fully saturated rings. The molecule has 0 bridgehead atoms. The molecule has 1 heterocycles. The summed E-state index contributed by atoms with van der Waals surface area (Å²) in [7, 11) is 1.90. The summed E-state index contributed by atoms with van der Waals surface area (Å²) >= 11 is 0. The van der Waals surface area contributed by atoms with E-state index >= 15 is 0 Å². The second-order valence-electron chi connectivity index (χ2n) is 4.49. The van der Waals surface area contributed by atoms with Crippen LogP contribution in [0, 0.1) is 0 Å². The number of rotatable bonds is 3. The van der Waals surface area contributed by atoms with Gasteiger partial charge in [-0.25, -0.2) is 9.78 Å². The number of carboxylic acids is 1. The molecule has 0 radical (unpaired) electrons. The molecule has 0 amide bonds. The van der Waals surface area contributed by atoms with Crippen LogP contribution in [0.15, 0.2) is 12.3 Å². The van der Waals surface area contributed by atoms with Crippen LogP contribution in [-0.2, 0) is 0 Å². The van der Waals surface area contributed by atoms with Crippen LogP contribution in [0.1, 0.15) is 36.0 Å². The lowest BCUT2D eigenvalue weighted by Gasteiger charge is -2.26. The summed E-state index contributed by atoms with van der Waals surface area (Å²) in [4.78, 5) is 17.3. The minimum absolute atomic E-state index is 0.180. The minimum Gasteiger partial charge on any atom is -0.478 e. The van der Waals surface area contributed by atoms with E-state index in [4.69, 9.17) is 10.8 Å². The number of pyridine rings is 1. The van der Waals surface area contributed by atoms with E-state index in [1.165, 1.54) is 25.1 Å². The van der Waals surface area contributed by atoms with E-state index in [1.54, 1.807) is 0 Å². The topological polar surface area (TPSA) is 79.5 Å². The molecule has 0 unspecified atom stereocenters. The first kappa shape index (κ1) is 11.7. The molecule has 5 heteroatoms. The highest BCUT2D eigenvalue weighted by molar-refractivity contribution is 5.94. The summed E-state index contributed by atoms with van der Waals surface area (Å²) in [5.74, 6) is -0.469. The first-order valence-corrected chi connectivity index (χ1v) is 5.81. The monoisotopic (exact) mass is 235 g/mol. The lowest BCUT2D eigenvalue weighted by atomic mass is 10.1. The second kappa shape index (κ2) is 4.61. The van der Waals surface area contributed by atoms with Crippen molar-refractivity contribution in [2.75, 3.05) is 17.7 Å². The van der Waals surface area contributed by atoms with Crippen LogP contribution in [-0.4, -0.2) is 29.1 Å². The van der Waals surface area contributed by atoms with E-state index in [2.05, 4.69) is 4.98 Å². The molecular formula is C12H17N3O2. The molecule has 0 saturated heterocycles. The molecule has 1 aromatic rings. The van der Waals surface area contributed by atoms with Gasteiger partial charge in [0.2, 0.25) is 0 Å². The van der Waals surface area contributed by atoms with Gasteiger partial charge in [-0.05, 0) is 18.9 Å². The van der Waals surface area contributed by atoms with Gasteiger partial charge in [-0.3, -0.25) is 0 Å². The van der Waals surface area contributed by atoms with Crippen molar-refractivity contribution in [1.82, 2.24) is 4.98 Å². The number of carboxylic acid groups (broad SMARTS) is 1. The van der Waals surface area contributed by atoms with E-state index in [1.807, 2.05) is 11.9 Å². The minimum atomic E-state index is -0.982. The first-order chi connectivity index (χ1) is 8.09. The lowest BCUT2D eigenvalue weighted by molar-refractivity contribution is 0.0697. The Morgan fingerprint density at radius 1 is 1.53 bits per heavy atom. The summed E-state index contributed by atoms with van der Waals surface area (Å²) in [6, 6.07) is 1.86. The number of nitrogens with two attached hydrogens (primary N) is 1. The van der Waals surface area contributed by atoms with Gasteiger partial charge in [0, 0.05) is 13.1 Å². The van der Waals surface area contributed by atoms with E-state index in [0.717, 1.165) is 12.8 Å². The highest BCUT2D eigenvalue weighted by atomic mass is 16.4. The first-order valence-electron chi connectivity index (χ1n) is 5.81. The normalized spacial score (nSPS) is 16.1. The van der Waals surface area contributed by atoms with Gasteiger partial charge in [-0.2, -0.15) is 0 Å². The molecule has 0 aliphatic heterocycles. The third-order valence-electron chi connectivity index (χ3n) is 3.32. The van der Waals surface area contributed by atoms with Crippen LogP contribution in [0.2, 0.25) is 0 Å². The van der Waals surface area contributed by atoms with Crippen LogP contribution in [0.4, 0.5) is 11.5 Å². The predicted molar refractivity (Wildman–Crippen MR) is 66.3 cm³/mol. The molecule has 1 aliphatic carbocycles. The Balaban J connectivity index is 2.33. The van der Waals surface area contributed by atoms with Crippen LogP contribution >= 0.6 is 0 Å². The van der Waals surface area contributed by atoms with Crippen LogP contribution in [0.25, 0.3) is 0 Å². The molecule has 1 saturated carbocycles. The average Bonchev–Trinajstić information content (AvgIpc) is 2.81. The van der Waals surface area contributed by atoms with Gasteiger partial charge >= 0.3 is 5.97 Å². The van der Waals surface area contributed by atoms with Gasteiger partial charge in [-0.15, -0.1) is 0 Å². The third-order valence-corrected chi connectivity index (χ3v) is 3.32. The van der Waals surface area contributed by atoms with Crippen LogP contribution in [0.3, 0.4) is 0 Å². The maximum absolute atomic E-state index is 11.2. The van der Waals surface area contributed by atoms with Crippen molar-refractivity contribution in [2.24, 2.45) is 0 Å². The number of carbonyl (C=O) groups is 1. The molecule has 0 atom stereocenters. The van der Waals surface area contributed by atoms with Crippen molar-refractivity contribution in [3.05, 3.63) is 17.8 Å². The van der Waals surface area contributed by atoms with E-state index in [-0.39, 0.29) is 5.56 Å². The Morgan fingerprint density at radius 3 is 2.76 bits per heavy atom. The molecule has 17 heavy (non-hydrogen) atoms. The fourth-order valence-electron chi connectivity index (χ4n) is 2.38. The van der Waals surface area contributed by atoms with Crippen molar-refractivity contribution in [3.8, 4) is 0 Å². The summed E-state index contributed by atoms with van der Waals surface area (Å²) in [6.45, 7) is 0. The van der Waals surface area contributed by atoms with Gasteiger partial charge < -0.3 is 15.7 Å². The molecule has 1 aromatic heterocycles. The Morgan fingerprint density at radius 2 is 2.18 bits per heavy atom. The maximum atomic E-state index is 11.2. The number of aromatic nitrogens is 1. The zero-order valence-corrected chi connectivity index (χ0v) is 9.89. The van der Waals surface area contributed by atoms with Gasteiger partial charge in [0.1, 0.15) is 11.4 Å². The molecule has 92 valence electrons. The van der Waals surface area contributed by atoms with E-state index in [0.29, 0.717) is 17.5 Å². The molecular weight excluding hydrogens is 218 g/mol. The number of nitrogen functional groups attached to an aromatic ring is 1. The molecule has 2 rings (SSSR count). The summed E-state index contributed by atoms with van der Waals surface area (Å²) in [5.41, 5.74) is 6.14. The molecule has 3 N–H and O–H groups in total. The standard InChI is InChI=1S/C12H17N3O2/c1-15(9-4-2-3-5-9)11-10(12(16)17)6-8(13)7-14-11/h6-7,9H,2-5,13H2,1H3,(H,16,17). The van der Waals surface area contributed by atoms with E-state index < -0.39 is 5.97 Å². The molecule has 5 nitrogen and oxygen atoms in total. The fraction of sp³-hybridized carbons (Fsp3) is 0.500. The SMILES string of the molecule is CN(c1ncc(N)cc1C(=O)O)C1CCCC1. The highest BCUT2D eigenvalue weighted by Gasteiger charge is 2.24. The Hall–Kier alpha value is -1.78. The van der Waals surface area contributed by atoms with Crippen molar-refractivity contribution >= 4 is 17.5 Å². The lowest BCUT2D eigenvalue weighted by Crippen LogP contribution is -2.31. The van der Waals surface area contributed by atoms with Crippen molar-refractivity contribution in [3.63, 3.8) is 0 Å². The van der Waals surface area contributed by atoms with E-state index in [9.17, 15) is 4.79 Å².